The molecule has 26 nitrogen and oxygen atoms in total. The summed E-state index contributed by atoms with van der Waals surface area (Å²) in [5, 5.41) is 12.2. The second-order valence-electron chi connectivity index (χ2n) is 25.0. The molecule has 101 heavy (non-hydrogen) atoms. The molecule has 0 bridgehead atoms. The number of nitrogen functional groups attached to an aromatic ring is 3. The van der Waals surface area contributed by atoms with Crippen molar-refractivity contribution in [1.29, 1.82) is 0 Å². The van der Waals surface area contributed by atoms with E-state index in [4.69, 9.17) is 53.2 Å². The van der Waals surface area contributed by atoms with Gasteiger partial charge in [0.2, 0.25) is 17.7 Å². The van der Waals surface area contributed by atoms with Gasteiger partial charge in [-0.05, 0) is 89.0 Å². The third-order valence-corrected chi connectivity index (χ3v) is 18.4. The number of hydrogen-bond acceptors (Lipinski definition) is 20. The first-order valence-electron chi connectivity index (χ1n) is 33.3. The van der Waals surface area contributed by atoms with Gasteiger partial charge in [0.05, 0.1) is 66.7 Å². The highest BCUT2D eigenvalue weighted by atomic mass is 35.5. The van der Waals surface area contributed by atoms with Crippen LogP contribution in [0.3, 0.4) is 0 Å². The first-order chi connectivity index (χ1) is 49.1. The Morgan fingerprint density at radius 2 is 1.02 bits per heavy atom. The number of hydrogen-bond donors (Lipinski definition) is 7. The van der Waals surface area contributed by atoms with Gasteiger partial charge in [-0.3, -0.25) is 42.5 Å². The first kappa shape index (κ1) is 67.9. The summed E-state index contributed by atoms with van der Waals surface area (Å²) >= 11 is 7.12. The number of nitrogens with zero attached hydrogens (tertiary/aromatic N) is 11. The summed E-state index contributed by atoms with van der Waals surface area (Å²) in [4.78, 5) is 117. The van der Waals surface area contributed by atoms with Gasteiger partial charge >= 0.3 is 0 Å². The molecule has 10 N–H and O–H groups in total. The van der Waals surface area contributed by atoms with Gasteiger partial charge in [0.15, 0.2) is 22.6 Å². The van der Waals surface area contributed by atoms with E-state index in [2.05, 4.69) is 36.2 Å². The molecule has 0 spiro atoms. The summed E-state index contributed by atoms with van der Waals surface area (Å²) in [5.74, 6) is -0.0289. The van der Waals surface area contributed by atoms with E-state index in [1.54, 1.807) is 61.8 Å². The van der Waals surface area contributed by atoms with E-state index in [0.29, 0.717) is 103 Å². The average molecular weight is 1380 g/mol. The molecule has 4 aromatic carbocycles. The summed E-state index contributed by atoms with van der Waals surface area (Å²) in [6.07, 6.45) is 5.16. The standard InChI is InChI=1S/C74H75ClN18O8/c1-45-52(20-23-60(76)84-45)36-79-65(96)43-93-66(68(75)88-69(72(93)97)87-57-44-101-67(57)49-16-6-3-7-17-49)51-19-11-13-47(33-51)35-56-54(22-25-62(78)86-56)38-81-64(95)42-92-59(40-83-70(73(92)98)89-26-8-9-27-89)50-18-10-12-46(32-50)34-55-53(21-24-61(77)85-55)37-80-63(94)41-91-58(48-14-4-2-5-15-48)39-82-71(74(91)99)90-28-30-100-31-29-90/h2-7,10-25,32-33,39-40,57,67H,8-9,26-31,34-38,41-44H2,1H3,(H2,76,84)(H2,77,85)(H2,78,86)(H,79,96)(H,80,94)(H,81,95)(H,87,88). The summed E-state index contributed by atoms with van der Waals surface area (Å²) in [7, 11) is 0. The Balaban J connectivity index is 0.720. The van der Waals surface area contributed by atoms with Gasteiger partial charge < -0.3 is 57.7 Å². The van der Waals surface area contributed by atoms with Crippen LogP contribution in [0.5, 0.6) is 0 Å². The molecular formula is C74H75ClN18O8. The van der Waals surface area contributed by atoms with Gasteiger partial charge in [-0.1, -0.05) is 127 Å². The first-order valence-corrected chi connectivity index (χ1v) is 33.7. The lowest BCUT2D eigenvalue weighted by atomic mass is 9.98. The highest BCUT2D eigenvalue weighted by Gasteiger charge is 2.35. The van der Waals surface area contributed by atoms with E-state index in [1.807, 2.05) is 113 Å². The Kier molecular flexibility index (Phi) is 20.6. The van der Waals surface area contributed by atoms with Crippen LogP contribution in [0.25, 0.3) is 33.8 Å². The van der Waals surface area contributed by atoms with E-state index in [0.717, 1.165) is 40.7 Å². The van der Waals surface area contributed by atoms with Gasteiger partial charge in [0.1, 0.15) is 43.2 Å². The number of pyridine rings is 3. The minimum Gasteiger partial charge on any atom is -0.384 e. The molecule has 0 aliphatic carbocycles. The predicted octanol–water partition coefficient (Wildman–Crippen LogP) is 6.37. The maximum absolute atomic E-state index is 14.7. The number of nitrogens with one attached hydrogen (secondary N) is 4. The molecule has 13 rings (SSSR count). The Bertz CT molecular complexity index is 4930. The van der Waals surface area contributed by atoms with Crippen molar-refractivity contribution < 1.29 is 23.9 Å². The summed E-state index contributed by atoms with van der Waals surface area (Å²) < 4.78 is 15.6. The fourth-order valence-corrected chi connectivity index (χ4v) is 13.1. The summed E-state index contributed by atoms with van der Waals surface area (Å²) in [5.41, 5.74) is 26.4. The zero-order valence-corrected chi connectivity index (χ0v) is 56.2. The topological polar surface area (TPSA) is 346 Å². The van der Waals surface area contributed by atoms with E-state index >= 15 is 0 Å². The van der Waals surface area contributed by atoms with Crippen LogP contribution in [0, 0.1) is 6.92 Å². The molecule has 3 saturated heterocycles. The van der Waals surface area contributed by atoms with Gasteiger partial charge in [-0.25, -0.2) is 29.9 Å². The number of nitrogens with two attached hydrogens (primary N) is 3. The lowest BCUT2D eigenvalue weighted by molar-refractivity contribution is -0.122. The molecule has 2 unspecified atom stereocenters. The second kappa shape index (κ2) is 30.7. The van der Waals surface area contributed by atoms with Crippen molar-refractivity contribution in [3.05, 3.63) is 245 Å². The molecule has 0 saturated carbocycles. The van der Waals surface area contributed by atoms with Crippen molar-refractivity contribution in [3.8, 4) is 33.8 Å². The van der Waals surface area contributed by atoms with E-state index < -0.39 is 35.4 Å². The number of rotatable bonds is 24. The smallest absolute Gasteiger partial charge is 0.294 e. The molecule has 516 valence electrons. The number of anilines is 6. The normalized spacial score (nSPS) is 15.0. The monoisotopic (exact) mass is 1380 g/mol. The summed E-state index contributed by atoms with van der Waals surface area (Å²) in [6, 6.07) is 43.8. The molecule has 3 fully saturated rings. The van der Waals surface area contributed by atoms with E-state index in [1.165, 1.54) is 13.7 Å². The number of carbonyl (C=O) groups is 3. The quantitative estimate of drug-likeness (QED) is 0.0345. The molecule has 2 atom stereocenters. The molecule has 0 radical (unpaired) electrons. The maximum atomic E-state index is 14.7. The minimum atomic E-state index is -0.579. The Labute approximate surface area is 585 Å². The molecule has 3 amide bonds. The molecule has 27 heteroatoms. The molecule has 10 aromatic rings. The SMILES string of the molecule is Cc1nc(N)ccc1CNC(=O)Cn1c(-c2cccc(Cc3nc(N)ccc3CNC(=O)Cn3c(-c4cccc(Cc5nc(N)ccc5CNC(=O)Cn5c(-c6ccccc6)cnc(N6CCOCC6)c5=O)c4)cnc(N4CCCC4)c3=O)c2)c(Cl)nc(NC2COC2c2ccccc2)c1=O. The largest absolute Gasteiger partial charge is 0.384 e. The van der Waals surface area contributed by atoms with Crippen LogP contribution in [-0.4, -0.2) is 113 Å². The number of aryl methyl sites for hydroxylation is 1. The van der Waals surface area contributed by atoms with Crippen LogP contribution in [0.15, 0.2) is 172 Å². The van der Waals surface area contributed by atoms with Crippen molar-refractivity contribution in [2.45, 2.75) is 84.0 Å². The number of ether oxygens (including phenoxy) is 2. The molecule has 6 aromatic heterocycles. The fraction of sp³-hybridized carbons (Fsp3) is 0.270. The second-order valence-corrected chi connectivity index (χ2v) is 25.4. The van der Waals surface area contributed by atoms with E-state index in [-0.39, 0.29) is 103 Å². The van der Waals surface area contributed by atoms with E-state index in [9.17, 15) is 28.8 Å². The Morgan fingerprint density at radius 1 is 0.535 bits per heavy atom. The number of morpholine rings is 1. The fourth-order valence-electron chi connectivity index (χ4n) is 12.8. The van der Waals surface area contributed by atoms with Crippen molar-refractivity contribution in [2.24, 2.45) is 0 Å². The lowest BCUT2D eigenvalue weighted by Crippen LogP contribution is -2.45. The Hall–Kier alpha value is -11.6. The van der Waals surface area contributed by atoms with Gasteiger partial charge in [0, 0.05) is 75.5 Å². The summed E-state index contributed by atoms with van der Waals surface area (Å²) in [6.45, 7) is 4.45. The number of aromatic nitrogens is 9. The zero-order valence-electron chi connectivity index (χ0n) is 55.5. The van der Waals surface area contributed by atoms with Crippen molar-refractivity contribution in [1.82, 2.24) is 59.6 Å². The van der Waals surface area contributed by atoms with Crippen LogP contribution in [-0.2, 0) is 76.0 Å². The van der Waals surface area contributed by atoms with Gasteiger partial charge in [-0.2, -0.15) is 0 Å². The van der Waals surface area contributed by atoms with Crippen LogP contribution >= 0.6 is 11.6 Å². The number of halogens is 1. The van der Waals surface area contributed by atoms with Gasteiger partial charge in [0.25, 0.3) is 16.7 Å². The number of benzene rings is 4. The third kappa shape index (κ3) is 15.8. The highest BCUT2D eigenvalue weighted by molar-refractivity contribution is 6.32. The number of carbonyl (C=O) groups excluding carboxylic acids is 3. The minimum absolute atomic E-state index is 0.00951. The van der Waals surface area contributed by atoms with Crippen LogP contribution in [0.1, 0.15) is 69.4 Å². The van der Waals surface area contributed by atoms with Crippen LogP contribution in [0.2, 0.25) is 5.15 Å². The predicted molar refractivity (Wildman–Crippen MR) is 386 cm³/mol. The number of amides is 3. The third-order valence-electron chi connectivity index (χ3n) is 18.1. The molecular weight excluding hydrogens is 1300 g/mol. The highest BCUT2D eigenvalue weighted by Crippen LogP contribution is 2.34. The average Bonchev–Trinajstić information content (AvgIpc) is 1.31. The zero-order chi connectivity index (χ0) is 70.1. The lowest BCUT2D eigenvalue weighted by Gasteiger charge is -2.37. The van der Waals surface area contributed by atoms with Crippen molar-refractivity contribution in [2.75, 3.05) is 78.3 Å². The van der Waals surface area contributed by atoms with Gasteiger partial charge in [-0.15, -0.1) is 0 Å². The molecule has 3 aliphatic rings. The Morgan fingerprint density at radius 3 is 1.57 bits per heavy atom. The van der Waals surface area contributed by atoms with Crippen molar-refractivity contribution in [3.63, 3.8) is 0 Å². The molecule has 9 heterocycles. The van der Waals surface area contributed by atoms with Crippen molar-refractivity contribution >= 4 is 64.2 Å². The van der Waals surface area contributed by atoms with Crippen LogP contribution < -0.4 is 64.9 Å². The van der Waals surface area contributed by atoms with Crippen LogP contribution in [0.4, 0.5) is 34.9 Å². The maximum Gasteiger partial charge on any atom is 0.294 e. The molecule has 3 aliphatic heterocycles.